The van der Waals surface area contributed by atoms with Crippen LogP contribution >= 0.6 is 0 Å². The second-order valence-electron chi connectivity index (χ2n) is 1.80. The molecule has 0 atom stereocenters. The van der Waals surface area contributed by atoms with Crippen LogP contribution in [0.4, 0.5) is 4.39 Å². The summed E-state index contributed by atoms with van der Waals surface area (Å²) in [5, 5.41) is 10.2. The predicted octanol–water partition coefficient (Wildman–Crippen LogP) is 3.40. The van der Waals surface area contributed by atoms with Crippen molar-refractivity contribution in [2.45, 2.75) is 13.8 Å². The molecule has 4 heteroatoms. The Labute approximate surface area is 83.1 Å². The van der Waals surface area contributed by atoms with Crippen LogP contribution in [0.15, 0.2) is 49.0 Å². The van der Waals surface area contributed by atoms with Crippen LogP contribution in [-0.2, 0) is 0 Å². The fourth-order valence-electron chi connectivity index (χ4n) is 0.528. The molecule has 0 amide bonds. The number of halogens is 1. The highest BCUT2D eigenvalue weighted by Gasteiger charge is 2.14. The summed E-state index contributed by atoms with van der Waals surface area (Å²) < 4.78 is 12.7. The van der Waals surface area contributed by atoms with Crippen LogP contribution in [0.2, 0.25) is 0 Å². The first-order chi connectivity index (χ1) is 6.63. The molecule has 0 saturated heterocycles. The molecule has 3 nitrogen and oxygen atoms in total. The molecule has 0 saturated carbocycles. The van der Waals surface area contributed by atoms with Gasteiger partial charge in [0.1, 0.15) is 0 Å². The lowest BCUT2D eigenvalue weighted by Gasteiger charge is -1.91. The Morgan fingerprint density at radius 1 is 1.29 bits per heavy atom. The van der Waals surface area contributed by atoms with Crippen molar-refractivity contribution in [3.8, 4) is 0 Å². The van der Waals surface area contributed by atoms with Gasteiger partial charge in [-0.25, -0.2) is 0 Å². The van der Waals surface area contributed by atoms with Gasteiger partial charge < -0.3 is 0 Å². The maximum absolute atomic E-state index is 12.7. The summed E-state index contributed by atoms with van der Waals surface area (Å²) in [5.41, 5.74) is -0.620. The molecule has 0 spiro atoms. The quantitative estimate of drug-likeness (QED) is 0.395. The van der Waals surface area contributed by atoms with E-state index in [0.29, 0.717) is 0 Å². The molecule has 14 heavy (non-hydrogen) atoms. The molecular weight excluding hydrogens is 185 g/mol. The molecular formula is C10H14FNO2. The molecule has 0 heterocycles. The van der Waals surface area contributed by atoms with Gasteiger partial charge >= 0.3 is 5.70 Å². The van der Waals surface area contributed by atoms with Crippen LogP contribution in [0, 0.1) is 10.1 Å². The van der Waals surface area contributed by atoms with Gasteiger partial charge in [-0.1, -0.05) is 39.2 Å². The highest BCUT2D eigenvalue weighted by atomic mass is 19.1. The van der Waals surface area contributed by atoms with Crippen LogP contribution in [0.1, 0.15) is 13.8 Å². The van der Waals surface area contributed by atoms with Gasteiger partial charge in [-0.3, -0.25) is 10.1 Å². The minimum absolute atomic E-state index is 0.620. The molecule has 0 aliphatic carbocycles. The van der Waals surface area contributed by atoms with Crippen molar-refractivity contribution >= 4 is 0 Å². The van der Waals surface area contributed by atoms with Crippen molar-refractivity contribution in [1.82, 2.24) is 0 Å². The lowest BCUT2D eigenvalue weighted by atomic mass is 10.3. The number of rotatable bonds is 4. The molecule has 0 N–H and O–H groups in total. The van der Waals surface area contributed by atoms with E-state index < -0.39 is 16.4 Å². The fourth-order valence-corrected chi connectivity index (χ4v) is 0.528. The number of allylic oxidation sites excluding steroid dienone is 5. The zero-order valence-corrected chi connectivity index (χ0v) is 8.37. The monoisotopic (exact) mass is 199 g/mol. The number of nitro groups is 1. The van der Waals surface area contributed by atoms with Gasteiger partial charge in [-0.15, -0.1) is 0 Å². The Kier molecular flexibility index (Phi) is 9.91. The third-order valence-electron chi connectivity index (χ3n) is 0.981. The van der Waals surface area contributed by atoms with Crippen LogP contribution in [-0.4, -0.2) is 4.92 Å². The van der Waals surface area contributed by atoms with Crippen molar-refractivity contribution in [2.24, 2.45) is 0 Å². The second kappa shape index (κ2) is 9.38. The molecule has 0 unspecified atom stereocenters. The normalized spacial score (nSPS) is 11.1. The van der Waals surface area contributed by atoms with Gasteiger partial charge in [0.2, 0.25) is 0 Å². The van der Waals surface area contributed by atoms with Gasteiger partial charge in [-0.05, 0) is 6.08 Å². The van der Waals surface area contributed by atoms with E-state index in [4.69, 9.17) is 0 Å². The fraction of sp³-hybridized carbons (Fsp3) is 0.200. The zero-order valence-electron chi connectivity index (χ0n) is 8.37. The topological polar surface area (TPSA) is 43.1 Å². The summed E-state index contributed by atoms with van der Waals surface area (Å²) in [4.78, 5) is 9.36. The molecule has 0 aliphatic heterocycles. The SMILES string of the molecule is C=C/C=C(F)\C(=C/C=C)[N+](=O)[O-].CC. The van der Waals surface area contributed by atoms with Crippen LogP contribution in [0.25, 0.3) is 0 Å². The predicted molar refractivity (Wildman–Crippen MR) is 56.0 cm³/mol. The maximum atomic E-state index is 12.7. The van der Waals surface area contributed by atoms with Crippen molar-refractivity contribution in [1.29, 1.82) is 0 Å². The van der Waals surface area contributed by atoms with E-state index in [0.717, 1.165) is 24.3 Å². The smallest absolute Gasteiger partial charge is 0.258 e. The Morgan fingerprint density at radius 3 is 2.00 bits per heavy atom. The van der Waals surface area contributed by atoms with Crippen LogP contribution < -0.4 is 0 Å². The Morgan fingerprint density at radius 2 is 1.71 bits per heavy atom. The van der Waals surface area contributed by atoms with Gasteiger partial charge in [0.05, 0.1) is 4.92 Å². The van der Waals surface area contributed by atoms with E-state index in [9.17, 15) is 14.5 Å². The standard InChI is InChI=1S/C8H8FNO2.C2H6/c1-3-5-7(9)8(6-4-2)10(11)12;1-2/h3-6H,1-2H2;1-2H3/b7-5+,8-6+;. The van der Waals surface area contributed by atoms with Crippen molar-refractivity contribution in [3.63, 3.8) is 0 Å². The summed E-state index contributed by atoms with van der Waals surface area (Å²) in [7, 11) is 0. The van der Waals surface area contributed by atoms with E-state index in [2.05, 4.69) is 13.2 Å². The lowest BCUT2D eigenvalue weighted by Crippen LogP contribution is -1.98. The minimum atomic E-state index is -0.935. The molecule has 0 radical (unpaired) electrons. The second-order valence-corrected chi connectivity index (χ2v) is 1.80. The van der Waals surface area contributed by atoms with Crippen molar-refractivity contribution in [3.05, 3.63) is 59.1 Å². The molecule has 0 aromatic carbocycles. The van der Waals surface area contributed by atoms with Crippen LogP contribution in [0.5, 0.6) is 0 Å². The summed E-state index contributed by atoms with van der Waals surface area (Å²) in [5.74, 6) is -0.935. The Bertz CT molecular complexity index is 267. The highest BCUT2D eigenvalue weighted by molar-refractivity contribution is 5.24. The lowest BCUT2D eigenvalue weighted by molar-refractivity contribution is -0.422. The molecule has 0 aliphatic rings. The van der Waals surface area contributed by atoms with E-state index in [1.807, 2.05) is 13.8 Å². The van der Waals surface area contributed by atoms with Gasteiger partial charge in [0.15, 0.2) is 5.83 Å². The number of nitrogens with zero attached hydrogens (tertiary/aromatic N) is 1. The Balaban J connectivity index is 0. The first kappa shape index (κ1) is 14.8. The van der Waals surface area contributed by atoms with E-state index in [1.54, 1.807) is 0 Å². The third-order valence-corrected chi connectivity index (χ3v) is 0.981. The number of hydrogen-bond donors (Lipinski definition) is 0. The van der Waals surface area contributed by atoms with Gasteiger partial charge in [0.25, 0.3) is 0 Å². The molecule has 0 aromatic rings. The van der Waals surface area contributed by atoms with Gasteiger partial charge in [0, 0.05) is 6.08 Å². The minimum Gasteiger partial charge on any atom is -0.258 e. The maximum Gasteiger partial charge on any atom is 0.304 e. The van der Waals surface area contributed by atoms with E-state index in [-0.39, 0.29) is 0 Å². The zero-order chi connectivity index (χ0) is 11.6. The molecule has 0 rings (SSSR count). The van der Waals surface area contributed by atoms with Crippen molar-refractivity contribution < 1.29 is 9.31 Å². The average Bonchev–Trinajstić information content (AvgIpc) is 2.17. The first-order valence-corrected chi connectivity index (χ1v) is 4.09. The average molecular weight is 199 g/mol. The third kappa shape index (κ3) is 5.88. The van der Waals surface area contributed by atoms with E-state index >= 15 is 0 Å². The van der Waals surface area contributed by atoms with Gasteiger partial charge in [-0.2, -0.15) is 4.39 Å². The largest absolute Gasteiger partial charge is 0.304 e. The van der Waals surface area contributed by atoms with Crippen molar-refractivity contribution in [2.75, 3.05) is 0 Å². The summed E-state index contributed by atoms with van der Waals surface area (Å²) in [6.07, 6.45) is 4.18. The molecule has 0 fully saturated rings. The summed E-state index contributed by atoms with van der Waals surface area (Å²) >= 11 is 0. The van der Waals surface area contributed by atoms with E-state index in [1.165, 1.54) is 0 Å². The molecule has 0 bridgehead atoms. The van der Waals surface area contributed by atoms with Crippen LogP contribution in [0.3, 0.4) is 0 Å². The highest BCUT2D eigenvalue weighted by Crippen LogP contribution is 2.11. The molecule has 0 aromatic heterocycles. The first-order valence-electron chi connectivity index (χ1n) is 4.09. The number of hydrogen-bond acceptors (Lipinski definition) is 2. The summed E-state index contributed by atoms with van der Waals surface area (Å²) in [6, 6.07) is 0. The Hall–Kier alpha value is -1.71. The molecule has 78 valence electrons. The summed E-state index contributed by atoms with van der Waals surface area (Å²) in [6.45, 7) is 10.4.